The number of rotatable bonds is 4. The van der Waals surface area contributed by atoms with Gasteiger partial charge in [0, 0.05) is 0 Å². The summed E-state index contributed by atoms with van der Waals surface area (Å²) in [4.78, 5) is 21.8. The minimum Gasteiger partial charge on any atom is -0.478 e. The molecule has 90 valence electrons. The number of anilines is 1. The lowest BCUT2D eigenvalue weighted by Crippen LogP contribution is -2.14. The van der Waals surface area contributed by atoms with Crippen molar-refractivity contribution < 1.29 is 19.4 Å². The van der Waals surface area contributed by atoms with Crippen molar-refractivity contribution in [1.82, 2.24) is 0 Å². The molecule has 5 nitrogen and oxygen atoms in total. The Balaban J connectivity index is 2.75. The van der Waals surface area contributed by atoms with Crippen LogP contribution in [0.25, 0.3) is 0 Å². The highest BCUT2D eigenvalue weighted by atomic mass is 35.5. The van der Waals surface area contributed by atoms with E-state index in [2.05, 4.69) is 16.6 Å². The standard InChI is InChI=1S/C11H10ClNO4/c1-2-5-17-11(16)13-9-4-3-7(10(14)15)6-8(9)12/h2-4,6H,1,5H2,(H,13,16)(H,14,15). The largest absolute Gasteiger partial charge is 0.478 e. The molecule has 0 saturated carbocycles. The van der Waals surface area contributed by atoms with Gasteiger partial charge in [-0.25, -0.2) is 9.59 Å². The fourth-order valence-corrected chi connectivity index (χ4v) is 1.26. The van der Waals surface area contributed by atoms with Crippen molar-refractivity contribution in [3.05, 3.63) is 41.4 Å². The Hall–Kier alpha value is -2.01. The predicted molar refractivity (Wildman–Crippen MR) is 63.6 cm³/mol. The molecule has 1 amide bonds. The number of carboxylic acids is 1. The van der Waals surface area contributed by atoms with Crippen LogP contribution in [0, 0.1) is 0 Å². The minimum atomic E-state index is -1.09. The Morgan fingerprint density at radius 1 is 1.53 bits per heavy atom. The van der Waals surface area contributed by atoms with Crippen molar-refractivity contribution in [1.29, 1.82) is 0 Å². The summed E-state index contributed by atoms with van der Waals surface area (Å²) in [6.45, 7) is 3.47. The summed E-state index contributed by atoms with van der Waals surface area (Å²) in [6.07, 6.45) is 0.740. The summed E-state index contributed by atoms with van der Waals surface area (Å²) in [5, 5.41) is 11.2. The Morgan fingerprint density at radius 3 is 2.76 bits per heavy atom. The van der Waals surface area contributed by atoms with Gasteiger partial charge in [-0.15, -0.1) is 0 Å². The zero-order chi connectivity index (χ0) is 12.8. The second-order valence-electron chi connectivity index (χ2n) is 3.01. The molecule has 0 spiro atoms. The SMILES string of the molecule is C=CCOC(=O)Nc1ccc(C(=O)O)cc1Cl. The monoisotopic (exact) mass is 255 g/mol. The van der Waals surface area contributed by atoms with Crippen LogP contribution in [0.3, 0.4) is 0 Å². The van der Waals surface area contributed by atoms with E-state index in [-0.39, 0.29) is 22.9 Å². The van der Waals surface area contributed by atoms with Crippen LogP contribution in [-0.4, -0.2) is 23.8 Å². The fourth-order valence-electron chi connectivity index (χ4n) is 1.03. The highest BCUT2D eigenvalue weighted by molar-refractivity contribution is 6.34. The van der Waals surface area contributed by atoms with Gasteiger partial charge in [-0.05, 0) is 18.2 Å². The van der Waals surface area contributed by atoms with Crippen LogP contribution < -0.4 is 5.32 Å². The van der Waals surface area contributed by atoms with Gasteiger partial charge in [0.2, 0.25) is 0 Å². The molecular weight excluding hydrogens is 246 g/mol. The lowest BCUT2D eigenvalue weighted by atomic mass is 10.2. The molecule has 0 atom stereocenters. The van der Waals surface area contributed by atoms with Gasteiger partial charge in [-0.1, -0.05) is 24.3 Å². The van der Waals surface area contributed by atoms with Gasteiger partial charge in [0.15, 0.2) is 0 Å². The Labute approximate surface area is 103 Å². The van der Waals surface area contributed by atoms with Crippen LogP contribution in [0.2, 0.25) is 5.02 Å². The average Bonchev–Trinajstić information content (AvgIpc) is 2.28. The van der Waals surface area contributed by atoms with Gasteiger partial charge in [0.1, 0.15) is 6.61 Å². The van der Waals surface area contributed by atoms with Gasteiger partial charge in [0.05, 0.1) is 16.3 Å². The maximum atomic E-state index is 11.2. The van der Waals surface area contributed by atoms with Crippen LogP contribution >= 0.6 is 11.6 Å². The van der Waals surface area contributed by atoms with Crippen LogP contribution in [0.4, 0.5) is 10.5 Å². The number of carbonyl (C=O) groups is 2. The van der Waals surface area contributed by atoms with Gasteiger partial charge in [0.25, 0.3) is 0 Å². The highest BCUT2D eigenvalue weighted by Gasteiger charge is 2.09. The molecule has 17 heavy (non-hydrogen) atoms. The van der Waals surface area contributed by atoms with E-state index in [0.29, 0.717) is 0 Å². The van der Waals surface area contributed by atoms with E-state index in [0.717, 1.165) is 0 Å². The summed E-state index contributed by atoms with van der Waals surface area (Å²) in [6, 6.07) is 3.96. The summed E-state index contributed by atoms with van der Waals surface area (Å²) in [5.41, 5.74) is 0.325. The third kappa shape index (κ3) is 3.81. The van der Waals surface area contributed by atoms with E-state index in [4.69, 9.17) is 16.7 Å². The first-order valence-electron chi connectivity index (χ1n) is 4.62. The van der Waals surface area contributed by atoms with Crippen molar-refractivity contribution in [3.8, 4) is 0 Å². The van der Waals surface area contributed by atoms with Crippen molar-refractivity contribution in [3.63, 3.8) is 0 Å². The normalized spacial score (nSPS) is 9.47. The Kier molecular flexibility index (Phi) is 4.54. The van der Waals surface area contributed by atoms with E-state index >= 15 is 0 Å². The zero-order valence-electron chi connectivity index (χ0n) is 8.77. The molecule has 0 heterocycles. The number of halogens is 1. The van der Waals surface area contributed by atoms with Crippen LogP contribution in [0.15, 0.2) is 30.9 Å². The molecule has 1 aromatic carbocycles. The fraction of sp³-hybridized carbons (Fsp3) is 0.0909. The number of aromatic carboxylic acids is 1. The third-order valence-corrected chi connectivity index (χ3v) is 2.10. The van der Waals surface area contributed by atoms with E-state index in [1.807, 2.05) is 0 Å². The van der Waals surface area contributed by atoms with Gasteiger partial charge >= 0.3 is 12.1 Å². The number of hydrogen-bond acceptors (Lipinski definition) is 3. The minimum absolute atomic E-state index is 0.0417. The lowest BCUT2D eigenvalue weighted by Gasteiger charge is -2.07. The molecule has 1 aromatic rings. The first-order chi connectivity index (χ1) is 8.04. The molecule has 0 unspecified atom stereocenters. The van der Waals surface area contributed by atoms with Crippen molar-refractivity contribution in [2.24, 2.45) is 0 Å². The number of nitrogens with one attached hydrogen (secondary N) is 1. The van der Waals surface area contributed by atoms with Crippen molar-refractivity contribution in [2.75, 3.05) is 11.9 Å². The molecule has 0 aromatic heterocycles. The maximum Gasteiger partial charge on any atom is 0.411 e. The first kappa shape index (κ1) is 13.1. The van der Waals surface area contributed by atoms with E-state index < -0.39 is 12.1 Å². The summed E-state index contributed by atoms with van der Waals surface area (Å²) in [7, 11) is 0. The van der Waals surface area contributed by atoms with Crippen LogP contribution in [0.1, 0.15) is 10.4 Å². The van der Waals surface area contributed by atoms with Crippen molar-refractivity contribution in [2.45, 2.75) is 0 Å². The van der Waals surface area contributed by atoms with Crippen LogP contribution in [-0.2, 0) is 4.74 Å². The first-order valence-corrected chi connectivity index (χ1v) is 5.00. The molecule has 0 aliphatic carbocycles. The van der Waals surface area contributed by atoms with Crippen LogP contribution in [0.5, 0.6) is 0 Å². The third-order valence-electron chi connectivity index (χ3n) is 1.79. The molecular formula is C11H10ClNO4. The van der Waals surface area contributed by atoms with E-state index in [1.54, 1.807) is 0 Å². The van der Waals surface area contributed by atoms with Gasteiger partial charge in [-0.2, -0.15) is 0 Å². The van der Waals surface area contributed by atoms with Gasteiger partial charge < -0.3 is 9.84 Å². The van der Waals surface area contributed by atoms with Gasteiger partial charge in [-0.3, -0.25) is 5.32 Å². The van der Waals surface area contributed by atoms with E-state index in [9.17, 15) is 9.59 Å². The summed E-state index contributed by atoms with van der Waals surface area (Å²) >= 11 is 5.80. The number of benzene rings is 1. The van der Waals surface area contributed by atoms with Crippen molar-refractivity contribution >= 4 is 29.4 Å². The molecule has 1 rings (SSSR count). The molecule has 0 bridgehead atoms. The topological polar surface area (TPSA) is 75.6 Å². The highest BCUT2D eigenvalue weighted by Crippen LogP contribution is 2.23. The number of carbonyl (C=O) groups excluding carboxylic acids is 1. The molecule has 0 fully saturated rings. The Morgan fingerprint density at radius 2 is 2.24 bits per heavy atom. The molecule has 6 heteroatoms. The zero-order valence-corrected chi connectivity index (χ0v) is 9.53. The maximum absolute atomic E-state index is 11.2. The quantitative estimate of drug-likeness (QED) is 0.811. The Bertz CT molecular complexity index is 459. The number of ether oxygens (including phenoxy) is 1. The average molecular weight is 256 g/mol. The second kappa shape index (κ2) is 5.91. The summed E-state index contributed by atoms with van der Waals surface area (Å²) < 4.78 is 4.68. The smallest absolute Gasteiger partial charge is 0.411 e. The second-order valence-corrected chi connectivity index (χ2v) is 3.42. The summed E-state index contributed by atoms with van der Waals surface area (Å²) in [5.74, 6) is -1.09. The predicted octanol–water partition coefficient (Wildman–Crippen LogP) is 2.77. The van der Waals surface area contributed by atoms with E-state index in [1.165, 1.54) is 24.3 Å². The number of carboxylic acid groups (broad SMARTS) is 1. The molecule has 0 aliphatic heterocycles. The molecule has 0 radical (unpaired) electrons. The molecule has 0 aliphatic rings. The lowest BCUT2D eigenvalue weighted by molar-refractivity contribution is 0.0697. The number of amides is 1. The molecule has 2 N–H and O–H groups in total. The number of hydrogen-bond donors (Lipinski definition) is 2. The molecule has 0 saturated heterocycles.